The fourth-order valence-corrected chi connectivity index (χ4v) is 1.18. The first-order valence-electron chi connectivity index (χ1n) is 4.88. The van der Waals surface area contributed by atoms with Crippen LogP contribution in [0.4, 0.5) is 0 Å². The first-order valence-corrected chi connectivity index (χ1v) is 6.46. The van der Waals surface area contributed by atoms with Gasteiger partial charge in [0.2, 0.25) is 0 Å². The molecular formula is C8H22N2O3S. The maximum atomic E-state index is 9.60. The number of hydrogen-bond acceptors (Lipinski definition) is 4. The van der Waals surface area contributed by atoms with Gasteiger partial charge in [0.25, 0.3) is 0 Å². The molecule has 0 spiro atoms. The molecule has 0 aliphatic rings. The molecule has 0 aromatic carbocycles. The molecule has 3 N–H and O–H groups in total. The molecule has 0 aromatic heterocycles. The maximum Gasteiger partial charge on any atom is 0.0958 e. The van der Waals surface area contributed by atoms with Gasteiger partial charge in [-0.3, -0.25) is 0 Å². The van der Waals surface area contributed by atoms with Gasteiger partial charge in [-0.1, -0.05) is 0 Å². The van der Waals surface area contributed by atoms with Crippen LogP contribution in [0.15, 0.2) is 0 Å². The molecule has 0 amide bonds. The van der Waals surface area contributed by atoms with Crippen molar-refractivity contribution in [2.24, 2.45) is 5.73 Å². The molecule has 5 nitrogen and oxygen atoms in total. The Balaban J connectivity index is 0. The summed E-state index contributed by atoms with van der Waals surface area (Å²) in [6, 6.07) is 0. The van der Waals surface area contributed by atoms with Crippen molar-refractivity contribution in [1.82, 2.24) is 0 Å². The largest absolute Gasteiger partial charge is 0.748 e. The van der Waals surface area contributed by atoms with Crippen molar-refractivity contribution in [3.05, 3.63) is 0 Å². The highest BCUT2D eigenvalue weighted by molar-refractivity contribution is 7.85. The molecule has 0 aliphatic heterocycles. The molecule has 0 rings (SSSR count). The zero-order valence-corrected chi connectivity index (χ0v) is 10.1. The van der Waals surface area contributed by atoms with Gasteiger partial charge in [0.15, 0.2) is 0 Å². The smallest absolute Gasteiger partial charge is 0.0958 e. The van der Waals surface area contributed by atoms with Crippen LogP contribution in [0.1, 0.15) is 20.8 Å². The van der Waals surface area contributed by atoms with E-state index in [1.807, 2.05) is 0 Å². The molecule has 0 bridgehead atoms. The molecule has 88 valence electrons. The third-order valence-corrected chi connectivity index (χ3v) is 2.60. The quantitative estimate of drug-likeness (QED) is 0.554. The lowest BCUT2D eigenvalue weighted by Crippen LogP contribution is -3.11. The Hall–Kier alpha value is -0.170. The van der Waals surface area contributed by atoms with Gasteiger partial charge in [-0.05, 0) is 20.8 Å². The Morgan fingerprint density at radius 1 is 1.14 bits per heavy atom. The van der Waals surface area contributed by atoms with Crippen LogP contribution in [0.3, 0.4) is 0 Å². The summed E-state index contributed by atoms with van der Waals surface area (Å²) in [4.78, 5) is 1.68. The van der Waals surface area contributed by atoms with E-state index >= 15 is 0 Å². The van der Waals surface area contributed by atoms with Gasteiger partial charge < -0.3 is 15.2 Å². The lowest BCUT2D eigenvalue weighted by Gasteiger charge is -2.10. The highest BCUT2D eigenvalue weighted by Gasteiger charge is 1.92. The molecule has 0 radical (unpaired) electrons. The Morgan fingerprint density at radius 3 is 1.50 bits per heavy atom. The zero-order valence-electron chi connectivity index (χ0n) is 9.25. The first kappa shape index (κ1) is 16.3. The Bertz CT molecular complexity index is 195. The second-order valence-corrected chi connectivity index (χ2v) is 4.38. The van der Waals surface area contributed by atoms with Crippen molar-refractivity contribution in [2.75, 3.05) is 31.9 Å². The first-order chi connectivity index (χ1) is 6.41. The maximum absolute atomic E-state index is 9.60. The molecule has 0 unspecified atom stereocenters. The molecule has 0 aliphatic carbocycles. The Kier molecular flexibility index (Phi) is 10.9. The van der Waals surface area contributed by atoms with Crippen LogP contribution in [0.5, 0.6) is 0 Å². The van der Waals surface area contributed by atoms with Crippen LogP contribution < -0.4 is 10.6 Å². The van der Waals surface area contributed by atoms with Gasteiger partial charge in [-0.2, -0.15) is 0 Å². The van der Waals surface area contributed by atoms with Crippen molar-refractivity contribution in [2.45, 2.75) is 20.8 Å². The van der Waals surface area contributed by atoms with Crippen molar-refractivity contribution in [1.29, 1.82) is 0 Å². The second kappa shape index (κ2) is 9.39. The number of nitrogens with one attached hydrogen (secondary N) is 1. The Labute approximate surface area is 87.0 Å². The number of hydrogen-bond donors (Lipinski definition) is 2. The van der Waals surface area contributed by atoms with E-state index in [0.29, 0.717) is 0 Å². The summed E-state index contributed by atoms with van der Waals surface area (Å²) < 4.78 is 28.8. The number of rotatable bonds is 5. The summed E-state index contributed by atoms with van der Waals surface area (Å²) in [6.07, 6.45) is 0. The van der Waals surface area contributed by atoms with E-state index in [-0.39, 0.29) is 6.54 Å². The molecule has 0 fully saturated rings. The van der Waals surface area contributed by atoms with E-state index in [2.05, 4.69) is 20.8 Å². The zero-order chi connectivity index (χ0) is 11.6. The molecule has 0 aromatic rings. The van der Waals surface area contributed by atoms with Crippen LogP contribution in [0.2, 0.25) is 0 Å². The average molecular weight is 226 g/mol. The topological polar surface area (TPSA) is 87.7 Å². The fourth-order valence-electron chi connectivity index (χ4n) is 0.894. The van der Waals surface area contributed by atoms with Gasteiger partial charge in [-0.15, -0.1) is 0 Å². The van der Waals surface area contributed by atoms with E-state index in [1.54, 1.807) is 4.90 Å². The van der Waals surface area contributed by atoms with E-state index in [1.165, 1.54) is 19.6 Å². The molecule has 14 heavy (non-hydrogen) atoms. The minimum atomic E-state index is -4.05. The summed E-state index contributed by atoms with van der Waals surface area (Å²) in [5, 5.41) is 0. The van der Waals surface area contributed by atoms with Crippen molar-refractivity contribution < 1.29 is 17.9 Å². The van der Waals surface area contributed by atoms with Gasteiger partial charge in [0, 0.05) is 6.54 Å². The van der Waals surface area contributed by atoms with E-state index in [0.717, 1.165) is 0 Å². The third kappa shape index (κ3) is 14.4. The fraction of sp³-hybridized carbons (Fsp3) is 1.00. The lowest BCUT2D eigenvalue weighted by atomic mass is 10.5. The minimum Gasteiger partial charge on any atom is -0.748 e. The summed E-state index contributed by atoms with van der Waals surface area (Å²) in [7, 11) is -4.05. The third-order valence-electron chi connectivity index (χ3n) is 1.87. The lowest BCUT2D eigenvalue weighted by molar-refractivity contribution is -0.894. The summed E-state index contributed by atoms with van der Waals surface area (Å²) in [6.45, 7) is 10.4. The number of quaternary nitrogens is 1. The SMILES string of the molecule is CC[NH+](CC)CC.NCCS(=O)(=O)[O-]. The molecule has 0 saturated heterocycles. The van der Waals surface area contributed by atoms with Crippen LogP contribution in [0.25, 0.3) is 0 Å². The average Bonchev–Trinajstić information content (AvgIpc) is 2.06. The van der Waals surface area contributed by atoms with E-state index < -0.39 is 15.9 Å². The molecule has 0 saturated carbocycles. The number of nitrogens with two attached hydrogens (primary N) is 1. The summed E-state index contributed by atoms with van der Waals surface area (Å²) in [5.41, 5.74) is 4.74. The molecular weight excluding hydrogens is 204 g/mol. The van der Waals surface area contributed by atoms with Gasteiger partial charge in [-0.25, -0.2) is 8.42 Å². The van der Waals surface area contributed by atoms with Gasteiger partial charge in [0.1, 0.15) is 0 Å². The molecule has 0 atom stereocenters. The highest BCUT2D eigenvalue weighted by atomic mass is 32.2. The second-order valence-electron chi connectivity index (χ2n) is 2.86. The predicted molar refractivity (Wildman–Crippen MR) is 56.2 cm³/mol. The van der Waals surface area contributed by atoms with Crippen molar-refractivity contribution in [3.8, 4) is 0 Å². The van der Waals surface area contributed by atoms with Crippen LogP contribution in [0, 0.1) is 0 Å². The monoisotopic (exact) mass is 226 g/mol. The Morgan fingerprint density at radius 2 is 1.50 bits per heavy atom. The predicted octanol–water partition coefficient (Wildman–Crippen LogP) is -1.58. The van der Waals surface area contributed by atoms with E-state index in [9.17, 15) is 13.0 Å². The van der Waals surface area contributed by atoms with Crippen LogP contribution >= 0.6 is 0 Å². The van der Waals surface area contributed by atoms with Gasteiger partial charge >= 0.3 is 0 Å². The van der Waals surface area contributed by atoms with Crippen molar-refractivity contribution >= 4 is 10.1 Å². The molecule has 6 heteroatoms. The standard InChI is InChI=1S/C6H15N.C2H7NO3S/c1-4-7(5-2)6-3;3-1-2-7(4,5)6/h4-6H2,1-3H3;1-3H2,(H,4,5,6). The van der Waals surface area contributed by atoms with Gasteiger partial charge in [0.05, 0.1) is 35.5 Å². The van der Waals surface area contributed by atoms with Crippen molar-refractivity contribution in [3.63, 3.8) is 0 Å². The normalized spacial score (nSPS) is 11.0. The van der Waals surface area contributed by atoms with Crippen LogP contribution in [-0.2, 0) is 10.1 Å². The van der Waals surface area contributed by atoms with Crippen LogP contribution in [-0.4, -0.2) is 44.9 Å². The molecule has 0 heterocycles. The minimum absolute atomic E-state index is 0.0914. The van der Waals surface area contributed by atoms with E-state index in [4.69, 9.17) is 5.73 Å². The summed E-state index contributed by atoms with van der Waals surface area (Å²) >= 11 is 0. The summed E-state index contributed by atoms with van der Waals surface area (Å²) in [5.74, 6) is -0.465. The highest BCUT2D eigenvalue weighted by Crippen LogP contribution is 1.74.